The Morgan fingerprint density at radius 1 is 1.40 bits per heavy atom. The third-order valence-electron chi connectivity index (χ3n) is 3.31. The maximum atomic E-state index is 11.9. The van der Waals surface area contributed by atoms with Crippen LogP contribution < -0.4 is 0 Å². The van der Waals surface area contributed by atoms with Crippen molar-refractivity contribution in [3.8, 4) is 0 Å². The predicted molar refractivity (Wildman–Crippen MR) is 58.5 cm³/mol. The predicted octanol–water partition coefficient (Wildman–Crippen LogP) is 1.67. The molecule has 3 heteroatoms. The number of rotatable bonds is 4. The highest BCUT2D eigenvalue weighted by molar-refractivity contribution is 5.81. The summed E-state index contributed by atoms with van der Waals surface area (Å²) in [5, 5.41) is 0. The van der Waals surface area contributed by atoms with Gasteiger partial charge in [0.2, 0.25) is 5.91 Å². The van der Waals surface area contributed by atoms with Crippen LogP contribution in [-0.4, -0.2) is 37.1 Å². The lowest BCUT2D eigenvalue weighted by Crippen LogP contribution is -2.41. The number of nitrogens with zero attached hydrogens (tertiary/aromatic N) is 1. The van der Waals surface area contributed by atoms with E-state index in [9.17, 15) is 4.79 Å². The molecule has 1 saturated carbocycles. The van der Waals surface area contributed by atoms with E-state index in [2.05, 4.69) is 4.90 Å². The lowest BCUT2D eigenvalue weighted by molar-refractivity contribution is -0.134. The van der Waals surface area contributed by atoms with Gasteiger partial charge in [0.1, 0.15) is 0 Å². The molecule has 0 N–H and O–H groups in total. The molecule has 0 aromatic heterocycles. The van der Waals surface area contributed by atoms with Gasteiger partial charge < -0.3 is 9.64 Å². The maximum absolute atomic E-state index is 11.9. The largest absolute Gasteiger partial charge is 0.381 e. The Balaban J connectivity index is 1.78. The minimum Gasteiger partial charge on any atom is -0.381 e. The van der Waals surface area contributed by atoms with Crippen molar-refractivity contribution in [3.63, 3.8) is 0 Å². The molecule has 0 radical (unpaired) electrons. The highest BCUT2D eigenvalue weighted by Crippen LogP contribution is 2.32. The van der Waals surface area contributed by atoms with E-state index in [1.807, 2.05) is 6.92 Å². The van der Waals surface area contributed by atoms with Gasteiger partial charge in [0.15, 0.2) is 0 Å². The second kappa shape index (κ2) is 4.97. The maximum Gasteiger partial charge on any atom is 0.225 e. The van der Waals surface area contributed by atoms with Gasteiger partial charge in [-0.2, -0.15) is 0 Å². The van der Waals surface area contributed by atoms with Crippen LogP contribution in [-0.2, 0) is 9.53 Å². The number of ether oxygens (including phenoxy) is 1. The number of likely N-dealkylation sites (tertiary alicyclic amines) is 1. The molecule has 1 atom stereocenters. The first-order valence-corrected chi connectivity index (χ1v) is 6.17. The molecule has 1 aliphatic carbocycles. The second-order valence-electron chi connectivity index (χ2n) is 4.73. The van der Waals surface area contributed by atoms with E-state index < -0.39 is 0 Å². The summed E-state index contributed by atoms with van der Waals surface area (Å²) in [5.41, 5.74) is 0. The average molecular weight is 211 g/mol. The van der Waals surface area contributed by atoms with Crippen LogP contribution in [0, 0.1) is 11.8 Å². The van der Waals surface area contributed by atoms with Crippen molar-refractivity contribution < 1.29 is 9.53 Å². The zero-order valence-electron chi connectivity index (χ0n) is 9.58. The van der Waals surface area contributed by atoms with Gasteiger partial charge in [0, 0.05) is 25.6 Å². The lowest BCUT2D eigenvalue weighted by atomic mass is 9.98. The Labute approximate surface area is 91.8 Å². The van der Waals surface area contributed by atoms with Gasteiger partial charge in [0.05, 0.1) is 6.61 Å². The molecule has 1 saturated heterocycles. The zero-order chi connectivity index (χ0) is 10.7. The third-order valence-corrected chi connectivity index (χ3v) is 3.31. The first-order chi connectivity index (χ1) is 7.31. The van der Waals surface area contributed by atoms with Gasteiger partial charge in [-0.15, -0.1) is 0 Å². The van der Waals surface area contributed by atoms with Crippen LogP contribution in [0.1, 0.15) is 32.6 Å². The Morgan fingerprint density at radius 3 is 2.87 bits per heavy atom. The number of hydrogen-bond acceptors (Lipinski definition) is 2. The van der Waals surface area contributed by atoms with Gasteiger partial charge in [0.25, 0.3) is 0 Å². The summed E-state index contributed by atoms with van der Waals surface area (Å²) < 4.78 is 5.44. The van der Waals surface area contributed by atoms with E-state index in [-0.39, 0.29) is 0 Å². The fraction of sp³-hybridized carbons (Fsp3) is 0.917. The van der Waals surface area contributed by atoms with Crippen LogP contribution in [0.5, 0.6) is 0 Å². The highest BCUT2D eigenvalue weighted by atomic mass is 16.5. The summed E-state index contributed by atoms with van der Waals surface area (Å²) in [6.07, 6.45) is 4.60. The quantitative estimate of drug-likeness (QED) is 0.708. The van der Waals surface area contributed by atoms with Gasteiger partial charge in [-0.05, 0) is 38.5 Å². The molecule has 0 bridgehead atoms. The zero-order valence-corrected chi connectivity index (χ0v) is 9.58. The van der Waals surface area contributed by atoms with Gasteiger partial charge in [-0.1, -0.05) is 0 Å². The van der Waals surface area contributed by atoms with Crippen molar-refractivity contribution in [1.29, 1.82) is 0 Å². The number of carbonyl (C=O) groups is 1. The van der Waals surface area contributed by atoms with Gasteiger partial charge in [-0.3, -0.25) is 4.79 Å². The summed E-state index contributed by atoms with van der Waals surface area (Å²) in [7, 11) is 0. The first-order valence-electron chi connectivity index (χ1n) is 6.17. The summed E-state index contributed by atoms with van der Waals surface area (Å²) in [5.74, 6) is 1.34. The van der Waals surface area contributed by atoms with Crippen molar-refractivity contribution in [2.45, 2.75) is 32.6 Å². The number of carbonyl (C=O) groups excluding carboxylic acids is 1. The van der Waals surface area contributed by atoms with Gasteiger partial charge in [-0.25, -0.2) is 0 Å². The smallest absolute Gasteiger partial charge is 0.225 e. The molecular weight excluding hydrogens is 190 g/mol. The van der Waals surface area contributed by atoms with Crippen LogP contribution >= 0.6 is 0 Å². The summed E-state index contributed by atoms with van der Waals surface area (Å²) in [4.78, 5) is 13.9. The molecular formula is C12H21NO2. The summed E-state index contributed by atoms with van der Waals surface area (Å²) in [6.45, 7) is 5.53. The Morgan fingerprint density at radius 2 is 2.20 bits per heavy atom. The Kier molecular flexibility index (Phi) is 3.62. The van der Waals surface area contributed by atoms with E-state index in [4.69, 9.17) is 4.74 Å². The van der Waals surface area contributed by atoms with E-state index in [0.717, 1.165) is 45.6 Å². The van der Waals surface area contributed by atoms with Crippen molar-refractivity contribution in [1.82, 2.24) is 4.90 Å². The van der Waals surface area contributed by atoms with E-state index in [0.29, 0.717) is 17.7 Å². The van der Waals surface area contributed by atoms with Crippen molar-refractivity contribution in [2.75, 3.05) is 26.3 Å². The molecule has 0 spiro atoms. The minimum absolute atomic E-state index is 0.371. The Hall–Kier alpha value is -0.570. The molecule has 1 aliphatic heterocycles. The minimum atomic E-state index is 0.371. The lowest BCUT2D eigenvalue weighted by Gasteiger charge is -2.32. The van der Waals surface area contributed by atoms with Crippen LogP contribution in [0.3, 0.4) is 0 Å². The molecule has 2 fully saturated rings. The summed E-state index contributed by atoms with van der Waals surface area (Å²) >= 11 is 0. The monoisotopic (exact) mass is 211 g/mol. The molecule has 0 aromatic rings. The first kappa shape index (κ1) is 10.9. The normalized spacial score (nSPS) is 26.7. The molecule has 2 aliphatic rings. The molecule has 0 aromatic carbocycles. The molecule has 1 heterocycles. The molecule has 2 rings (SSSR count). The van der Waals surface area contributed by atoms with Crippen molar-refractivity contribution in [2.24, 2.45) is 11.8 Å². The molecule has 1 amide bonds. The van der Waals surface area contributed by atoms with Crippen LogP contribution in [0.15, 0.2) is 0 Å². The number of hydrogen-bond donors (Lipinski definition) is 0. The molecule has 86 valence electrons. The average Bonchev–Trinajstić information content (AvgIpc) is 3.09. The van der Waals surface area contributed by atoms with E-state index >= 15 is 0 Å². The van der Waals surface area contributed by atoms with Crippen molar-refractivity contribution >= 4 is 5.91 Å². The molecule has 15 heavy (non-hydrogen) atoms. The van der Waals surface area contributed by atoms with Crippen molar-refractivity contribution in [3.05, 3.63) is 0 Å². The van der Waals surface area contributed by atoms with Crippen LogP contribution in [0.4, 0.5) is 0 Å². The van der Waals surface area contributed by atoms with Crippen LogP contribution in [0.2, 0.25) is 0 Å². The topological polar surface area (TPSA) is 29.5 Å². The molecule has 3 nitrogen and oxygen atoms in total. The van der Waals surface area contributed by atoms with E-state index in [1.165, 1.54) is 6.42 Å². The highest BCUT2D eigenvalue weighted by Gasteiger charge is 2.35. The van der Waals surface area contributed by atoms with Crippen LogP contribution in [0.25, 0.3) is 0 Å². The SMILES string of the molecule is CCOCC1CCCN(C(=O)C2CC2)C1. The molecule has 1 unspecified atom stereocenters. The van der Waals surface area contributed by atoms with E-state index in [1.54, 1.807) is 0 Å². The summed E-state index contributed by atoms with van der Waals surface area (Å²) in [6, 6.07) is 0. The fourth-order valence-corrected chi connectivity index (χ4v) is 2.27. The Bertz CT molecular complexity index is 226. The van der Waals surface area contributed by atoms with Gasteiger partial charge >= 0.3 is 0 Å². The fourth-order valence-electron chi connectivity index (χ4n) is 2.27. The second-order valence-corrected chi connectivity index (χ2v) is 4.73. The number of piperidine rings is 1. The number of amides is 1. The third kappa shape index (κ3) is 2.94. The standard InChI is InChI=1S/C12H21NO2/c1-2-15-9-10-4-3-7-13(8-10)12(14)11-5-6-11/h10-11H,2-9H2,1H3.